The Balaban J connectivity index is 3.16. The van der Waals surface area contributed by atoms with Crippen LogP contribution in [0.3, 0.4) is 0 Å². The van der Waals surface area contributed by atoms with Crippen LogP contribution >= 0.6 is 0 Å². The van der Waals surface area contributed by atoms with Crippen molar-refractivity contribution >= 4 is 11.7 Å². The highest BCUT2D eigenvalue weighted by molar-refractivity contribution is 5.89. The minimum atomic E-state index is -0.512. The Bertz CT molecular complexity index is 383. The van der Waals surface area contributed by atoms with Gasteiger partial charge in [0.2, 0.25) is 0 Å². The van der Waals surface area contributed by atoms with Gasteiger partial charge in [0.05, 0.1) is 16.8 Å². The highest BCUT2D eigenvalue weighted by Gasteiger charge is 2.52. The fraction of sp³-hybridized carbons (Fsp3) is 0.857. The molecule has 3 unspecified atom stereocenters. The van der Waals surface area contributed by atoms with Crippen LogP contribution in [-0.4, -0.2) is 27.8 Å². The highest BCUT2D eigenvalue weighted by Crippen LogP contribution is 2.43. The summed E-state index contributed by atoms with van der Waals surface area (Å²) >= 11 is 0. The molecular weight excluding hydrogens is 244 g/mol. The maximum Gasteiger partial charge on any atom is 0.331 e. The van der Waals surface area contributed by atoms with Crippen molar-refractivity contribution in [3.05, 3.63) is 0 Å². The van der Waals surface area contributed by atoms with Crippen molar-refractivity contribution in [3.8, 4) is 0 Å². The minimum absolute atomic E-state index is 0.0334. The van der Waals surface area contributed by atoms with Crippen LogP contribution in [-0.2, 0) is 14.8 Å². The number of oxime groups is 1. The largest absolute Gasteiger partial charge is 0.331 e. The van der Waals surface area contributed by atoms with Crippen LogP contribution in [0.5, 0.6) is 0 Å². The first-order chi connectivity index (χ1) is 8.71. The number of rotatable bonds is 3. The Labute approximate surface area is 115 Å². The van der Waals surface area contributed by atoms with Crippen molar-refractivity contribution in [2.75, 3.05) is 0 Å². The fourth-order valence-corrected chi connectivity index (χ4v) is 2.72. The van der Waals surface area contributed by atoms with Crippen LogP contribution < -0.4 is 0 Å². The summed E-state index contributed by atoms with van der Waals surface area (Å²) in [6, 6.07) is 0. The van der Waals surface area contributed by atoms with Gasteiger partial charge >= 0.3 is 5.97 Å². The zero-order valence-corrected chi connectivity index (χ0v) is 12.8. The van der Waals surface area contributed by atoms with Crippen molar-refractivity contribution in [1.29, 1.82) is 0 Å². The van der Waals surface area contributed by atoms with Gasteiger partial charge in [-0.05, 0) is 26.7 Å². The lowest BCUT2D eigenvalue weighted by atomic mass is 9.70. The molecule has 1 heterocycles. The summed E-state index contributed by atoms with van der Waals surface area (Å²) < 4.78 is 0. The van der Waals surface area contributed by atoms with Gasteiger partial charge in [0, 0.05) is 19.3 Å². The van der Waals surface area contributed by atoms with Crippen molar-refractivity contribution in [2.45, 2.75) is 71.9 Å². The zero-order chi connectivity index (χ0) is 14.8. The molecule has 109 valence electrons. The summed E-state index contributed by atoms with van der Waals surface area (Å²) in [5.41, 5.74) is -0.200. The summed E-state index contributed by atoms with van der Waals surface area (Å²) in [6.07, 6.45) is 2.00. The van der Waals surface area contributed by atoms with E-state index in [-0.39, 0.29) is 5.92 Å². The van der Waals surface area contributed by atoms with Crippen LogP contribution in [0.4, 0.5) is 0 Å². The molecule has 0 saturated carbocycles. The molecule has 1 rings (SSSR count). The molecule has 0 bridgehead atoms. The van der Waals surface area contributed by atoms with Crippen LogP contribution in [0.15, 0.2) is 5.16 Å². The molecule has 0 aromatic heterocycles. The Morgan fingerprint density at radius 3 is 2.42 bits per heavy atom. The molecule has 19 heavy (non-hydrogen) atoms. The molecular formula is C14H25N2O3. The van der Waals surface area contributed by atoms with Gasteiger partial charge in [-0.25, -0.2) is 4.79 Å². The van der Waals surface area contributed by atoms with Crippen molar-refractivity contribution in [2.24, 2.45) is 11.1 Å². The second kappa shape index (κ2) is 5.59. The highest BCUT2D eigenvalue weighted by atomic mass is 16.7. The molecule has 1 radical (unpaired) electrons. The van der Waals surface area contributed by atoms with Gasteiger partial charge in [0.25, 0.3) is 0 Å². The van der Waals surface area contributed by atoms with Gasteiger partial charge < -0.3 is 4.84 Å². The van der Waals surface area contributed by atoms with E-state index >= 15 is 0 Å². The first kappa shape index (κ1) is 16.1. The molecule has 0 N–H and O–H groups in total. The van der Waals surface area contributed by atoms with Crippen LogP contribution in [0.1, 0.15) is 60.8 Å². The molecule has 5 heteroatoms. The van der Waals surface area contributed by atoms with E-state index in [9.17, 15) is 10.0 Å². The third kappa shape index (κ3) is 2.82. The second-order valence-electron chi connectivity index (χ2n) is 5.92. The number of hydrogen-bond donors (Lipinski definition) is 0. The Morgan fingerprint density at radius 2 is 2.00 bits per heavy atom. The Hall–Kier alpha value is -0.940. The Morgan fingerprint density at radius 1 is 1.42 bits per heavy atom. The molecule has 1 aliphatic heterocycles. The molecule has 0 spiro atoms. The molecule has 1 saturated heterocycles. The lowest BCUT2D eigenvalue weighted by molar-refractivity contribution is -0.293. The molecule has 0 aliphatic carbocycles. The first-order valence-corrected chi connectivity index (χ1v) is 6.93. The molecule has 0 amide bonds. The van der Waals surface area contributed by atoms with E-state index in [1.54, 1.807) is 0 Å². The van der Waals surface area contributed by atoms with Gasteiger partial charge in [-0.1, -0.05) is 25.9 Å². The van der Waals surface area contributed by atoms with Crippen LogP contribution in [0, 0.1) is 5.92 Å². The lowest BCUT2D eigenvalue weighted by Crippen LogP contribution is -2.64. The van der Waals surface area contributed by atoms with Gasteiger partial charge in [-0.3, -0.25) is 0 Å². The monoisotopic (exact) mass is 269 g/mol. The minimum Gasteiger partial charge on any atom is -0.319 e. The predicted molar refractivity (Wildman–Crippen MR) is 72.9 cm³/mol. The van der Waals surface area contributed by atoms with Crippen LogP contribution in [0.2, 0.25) is 0 Å². The quantitative estimate of drug-likeness (QED) is 0.584. The van der Waals surface area contributed by atoms with E-state index in [1.807, 2.05) is 34.6 Å². The number of hydrogen-bond acceptors (Lipinski definition) is 4. The third-order valence-electron chi connectivity index (χ3n) is 4.72. The number of piperidine rings is 1. The van der Waals surface area contributed by atoms with Crippen molar-refractivity contribution in [3.63, 3.8) is 0 Å². The molecule has 3 atom stereocenters. The average Bonchev–Trinajstić information content (AvgIpc) is 2.39. The summed E-state index contributed by atoms with van der Waals surface area (Å²) in [5, 5.41) is 17.9. The summed E-state index contributed by atoms with van der Waals surface area (Å²) in [7, 11) is 0. The van der Waals surface area contributed by atoms with Gasteiger partial charge in [-0.2, -0.15) is 0 Å². The number of nitrogens with zero attached hydrogens (tertiary/aromatic N) is 2. The smallest absolute Gasteiger partial charge is 0.319 e. The maximum absolute atomic E-state index is 12.7. The van der Waals surface area contributed by atoms with E-state index < -0.39 is 17.0 Å². The van der Waals surface area contributed by atoms with E-state index in [0.717, 1.165) is 18.6 Å². The van der Waals surface area contributed by atoms with Gasteiger partial charge in [-0.15, -0.1) is 10.3 Å². The van der Waals surface area contributed by atoms with E-state index in [2.05, 4.69) is 5.16 Å². The Kier molecular flexibility index (Phi) is 4.74. The normalized spacial score (nSPS) is 38.5. The third-order valence-corrected chi connectivity index (χ3v) is 4.72. The van der Waals surface area contributed by atoms with Crippen molar-refractivity contribution in [1.82, 2.24) is 5.06 Å². The van der Waals surface area contributed by atoms with E-state index in [0.29, 0.717) is 6.42 Å². The summed E-state index contributed by atoms with van der Waals surface area (Å²) in [4.78, 5) is 15.7. The number of carbonyl (C=O) groups is 1. The van der Waals surface area contributed by atoms with Gasteiger partial charge in [0.15, 0.2) is 0 Å². The van der Waals surface area contributed by atoms with Crippen molar-refractivity contribution < 1.29 is 14.8 Å². The molecule has 5 nitrogen and oxygen atoms in total. The predicted octanol–water partition coefficient (Wildman–Crippen LogP) is 2.93. The molecule has 0 aromatic rings. The summed E-state index contributed by atoms with van der Waals surface area (Å²) in [6.45, 7) is 11.2. The topological polar surface area (TPSA) is 61.8 Å². The second-order valence-corrected chi connectivity index (χ2v) is 5.92. The number of carbonyl (C=O) groups excluding carboxylic acids is 1. The SMILES string of the molecule is CCC1(C)C/C(=N/OC(C)=O)C(C)C(C)(CC)N1[O]. The molecule has 0 aromatic carbocycles. The average molecular weight is 269 g/mol. The zero-order valence-electron chi connectivity index (χ0n) is 12.8. The summed E-state index contributed by atoms with van der Waals surface area (Å²) in [5.74, 6) is -0.463. The lowest BCUT2D eigenvalue weighted by Gasteiger charge is -2.53. The first-order valence-electron chi connectivity index (χ1n) is 6.93. The van der Waals surface area contributed by atoms with Crippen LogP contribution in [0.25, 0.3) is 0 Å². The van der Waals surface area contributed by atoms with Gasteiger partial charge in [0.1, 0.15) is 0 Å². The standard InChI is InChI=1S/C14H25N2O3/c1-7-13(5)9-12(15-19-11(4)17)10(3)14(6,8-2)16(13)18/h10H,7-9H2,1-6H3/b15-12-. The molecule has 1 fully saturated rings. The molecule has 1 aliphatic rings. The fourth-order valence-electron chi connectivity index (χ4n) is 2.72. The van der Waals surface area contributed by atoms with E-state index in [1.165, 1.54) is 12.0 Å². The number of hydroxylamine groups is 2. The van der Waals surface area contributed by atoms with E-state index in [4.69, 9.17) is 4.84 Å². The maximum atomic E-state index is 12.7.